The second kappa shape index (κ2) is 5.84. The first kappa shape index (κ1) is 14.2. The highest BCUT2D eigenvalue weighted by Crippen LogP contribution is 2.36. The summed E-state index contributed by atoms with van der Waals surface area (Å²) in [6, 6.07) is 5.33. The fraction of sp³-hybridized carbons (Fsp3) is 0.429. The van der Waals surface area contributed by atoms with Gasteiger partial charge in [0.2, 0.25) is 0 Å². The van der Waals surface area contributed by atoms with E-state index in [-0.39, 0.29) is 5.92 Å². The average Bonchev–Trinajstić information content (AvgIpc) is 2.63. The number of Topliss-reactive ketones (excluding diaryl/α,β-unsaturated/α-hetero) is 1. The average molecular weight is 325 g/mol. The van der Waals surface area contributed by atoms with Crippen molar-refractivity contribution in [1.82, 2.24) is 5.32 Å². The molecular formula is C14H17BrN2O2. The minimum absolute atomic E-state index is 0.287. The Kier molecular flexibility index (Phi) is 4.37. The Morgan fingerprint density at radius 2 is 2.11 bits per heavy atom. The summed E-state index contributed by atoms with van der Waals surface area (Å²) in [6.45, 7) is 6.39. The van der Waals surface area contributed by atoms with Crippen LogP contribution in [0.4, 0.5) is 5.69 Å². The van der Waals surface area contributed by atoms with Crippen molar-refractivity contribution in [2.45, 2.75) is 13.8 Å². The number of fused-ring (bicyclic) bond motifs is 1. The molecule has 4 nitrogen and oxygen atoms in total. The van der Waals surface area contributed by atoms with Crippen molar-refractivity contribution in [3.05, 3.63) is 28.2 Å². The van der Waals surface area contributed by atoms with Gasteiger partial charge in [0.25, 0.3) is 11.7 Å². The predicted octanol–water partition coefficient (Wildman–Crippen LogP) is 2.22. The molecule has 1 aromatic carbocycles. The van der Waals surface area contributed by atoms with E-state index < -0.39 is 11.7 Å². The number of carbonyl (C=O) groups excluding carboxylic acids is 2. The third-order valence-electron chi connectivity index (χ3n) is 3.18. The minimum atomic E-state index is -0.426. The fourth-order valence-electron chi connectivity index (χ4n) is 2.25. The Bertz CT molecular complexity index is 516. The number of benzene rings is 1. The number of carbonyl (C=O) groups is 2. The van der Waals surface area contributed by atoms with E-state index in [0.717, 1.165) is 17.6 Å². The maximum absolute atomic E-state index is 12.1. The van der Waals surface area contributed by atoms with Crippen LogP contribution in [0.3, 0.4) is 0 Å². The van der Waals surface area contributed by atoms with Gasteiger partial charge in [-0.15, -0.1) is 0 Å². The molecule has 0 saturated heterocycles. The van der Waals surface area contributed by atoms with E-state index in [4.69, 9.17) is 0 Å². The first-order chi connectivity index (χ1) is 9.06. The smallest absolute Gasteiger partial charge is 0.299 e. The van der Waals surface area contributed by atoms with Gasteiger partial charge in [0.1, 0.15) is 0 Å². The van der Waals surface area contributed by atoms with Gasteiger partial charge in [-0.25, -0.2) is 0 Å². The Morgan fingerprint density at radius 3 is 2.79 bits per heavy atom. The lowest BCUT2D eigenvalue weighted by Gasteiger charge is -2.22. The lowest BCUT2D eigenvalue weighted by atomic mass is 10.1. The molecule has 19 heavy (non-hydrogen) atoms. The van der Waals surface area contributed by atoms with Gasteiger partial charge in [0, 0.05) is 11.0 Å². The lowest BCUT2D eigenvalue weighted by Crippen LogP contribution is -2.37. The molecule has 0 bridgehead atoms. The van der Waals surface area contributed by atoms with Gasteiger partial charge in [-0.3, -0.25) is 9.59 Å². The number of anilines is 1. The molecule has 1 atom stereocenters. The van der Waals surface area contributed by atoms with Crippen molar-refractivity contribution in [3.8, 4) is 0 Å². The Balaban J connectivity index is 2.23. The van der Waals surface area contributed by atoms with Gasteiger partial charge >= 0.3 is 0 Å². The van der Waals surface area contributed by atoms with E-state index in [0.29, 0.717) is 17.8 Å². The maximum Gasteiger partial charge on any atom is 0.299 e. The standard InChI is InChI=1S/C14H17BrN2O2/c1-3-16-7-9(2)8-17-12-10(13(18)14(17)19)5-4-6-11(12)15/h4-6,9,16H,3,7-8H2,1-2H3. The van der Waals surface area contributed by atoms with E-state index in [1.54, 1.807) is 17.0 Å². The molecule has 5 heteroatoms. The monoisotopic (exact) mass is 324 g/mol. The zero-order valence-corrected chi connectivity index (χ0v) is 12.7. The molecule has 1 aliphatic heterocycles. The number of hydrogen-bond donors (Lipinski definition) is 1. The highest BCUT2D eigenvalue weighted by atomic mass is 79.9. The highest BCUT2D eigenvalue weighted by molar-refractivity contribution is 9.10. The molecule has 0 aliphatic carbocycles. The molecule has 1 aliphatic rings. The van der Waals surface area contributed by atoms with Gasteiger partial charge in [0.05, 0.1) is 11.3 Å². The van der Waals surface area contributed by atoms with Crippen LogP contribution in [0.2, 0.25) is 0 Å². The molecule has 0 fully saturated rings. The molecule has 0 saturated carbocycles. The van der Waals surface area contributed by atoms with Crippen molar-refractivity contribution in [2.24, 2.45) is 5.92 Å². The molecule has 102 valence electrons. The Labute approximate surface area is 121 Å². The minimum Gasteiger partial charge on any atom is -0.317 e. The number of rotatable bonds is 5. The van der Waals surface area contributed by atoms with Crippen molar-refractivity contribution in [2.75, 3.05) is 24.5 Å². The van der Waals surface area contributed by atoms with Gasteiger partial charge in [-0.1, -0.05) is 19.9 Å². The Morgan fingerprint density at radius 1 is 1.37 bits per heavy atom. The fourth-order valence-corrected chi connectivity index (χ4v) is 2.83. The van der Waals surface area contributed by atoms with Crippen LogP contribution in [0, 0.1) is 5.92 Å². The highest BCUT2D eigenvalue weighted by Gasteiger charge is 2.37. The molecule has 0 spiro atoms. The zero-order chi connectivity index (χ0) is 14.0. The first-order valence-electron chi connectivity index (χ1n) is 6.41. The first-order valence-corrected chi connectivity index (χ1v) is 7.21. The van der Waals surface area contributed by atoms with Crippen LogP contribution in [-0.2, 0) is 4.79 Å². The summed E-state index contributed by atoms with van der Waals surface area (Å²) in [7, 11) is 0. The molecule has 1 N–H and O–H groups in total. The number of nitrogens with one attached hydrogen (secondary N) is 1. The van der Waals surface area contributed by atoms with Crippen LogP contribution in [0.1, 0.15) is 24.2 Å². The zero-order valence-electron chi connectivity index (χ0n) is 11.1. The van der Waals surface area contributed by atoms with E-state index in [9.17, 15) is 9.59 Å². The second-order valence-electron chi connectivity index (χ2n) is 4.79. The third-order valence-corrected chi connectivity index (χ3v) is 3.82. The Hall–Kier alpha value is -1.20. The SMILES string of the molecule is CCNCC(C)CN1C(=O)C(=O)c2cccc(Br)c21. The molecule has 1 aromatic rings. The van der Waals surface area contributed by atoms with E-state index in [1.807, 2.05) is 13.0 Å². The second-order valence-corrected chi connectivity index (χ2v) is 5.65. The van der Waals surface area contributed by atoms with Crippen molar-refractivity contribution in [3.63, 3.8) is 0 Å². The largest absolute Gasteiger partial charge is 0.317 e. The molecular weight excluding hydrogens is 308 g/mol. The summed E-state index contributed by atoms with van der Waals surface area (Å²) in [5.41, 5.74) is 1.20. The topological polar surface area (TPSA) is 49.4 Å². The number of nitrogens with zero attached hydrogens (tertiary/aromatic N) is 1. The number of amides is 1. The summed E-state index contributed by atoms with van der Waals surface area (Å²) in [6.07, 6.45) is 0. The predicted molar refractivity (Wildman–Crippen MR) is 78.5 cm³/mol. The van der Waals surface area contributed by atoms with Crippen LogP contribution >= 0.6 is 15.9 Å². The normalized spacial score (nSPS) is 15.8. The maximum atomic E-state index is 12.1. The molecule has 1 unspecified atom stereocenters. The molecule has 0 radical (unpaired) electrons. The number of para-hydroxylation sites is 1. The van der Waals surface area contributed by atoms with Gasteiger partial charge in [-0.2, -0.15) is 0 Å². The number of halogens is 1. The summed E-state index contributed by atoms with van der Waals surface area (Å²) in [4.78, 5) is 25.6. The van der Waals surface area contributed by atoms with Crippen LogP contribution in [0.5, 0.6) is 0 Å². The summed E-state index contributed by atoms with van der Waals surface area (Å²) in [5, 5.41) is 3.25. The molecule has 2 rings (SSSR count). The lowest BCUT2D eigenvalue weighted by molar-refractivity contribution is -0.114. The van der Waals surface area contributed by atoms with Crippen LogP contribution < -0.4 is 10.2 Å². The van der Waals surface area contributed by atoms with Crippen LogP contribution in [0.15, 0.2) is 22.7 Å². The number of hydrogen-bond acceptors (Lipinski definition) is 3. The van der Waals surface area contributed by atoms with Crippen LogP contribution in [0.25, 0.3) is 0 Å². The molecule has 1 heterocycles. The summed E-state index contributed by atoms with van der Waals surface area (Å²) in [5.74, 6) is -0.549. The van der Waals surface area contributed by atoms with E-state index in [1.165, 1.54) is 0 Å². The molecule has 1 amide bonds. The summed E-state index contributed by atoms with van der Waals surface area (Å²) >= 11 is 3.42. The van der Waals surface area contributed by atoms with Crippen molar-refractivity contribution < 1.29 is 9.59 Å². The van der Waals surface area contributed by atoms with Crippen molar-refractivity contribution in [1.29, 1.82) is 0 Å². The van der Waals surface area contributed by atoms with Crippen LogP contribution in [-0.4, -0.2) is 31.3 Å². The van der Waals surface area contributed by atoms with Gasteiger partial charge in [-0.05, 0) is 47.1 Å². The van der Waals surface area contributed by atoms with Crippen molar-refractivity contribution >= 4 is 33.3 Å². The summed E-state index contributed by atoms with van der Waals surface area (Å²) < 4.78 is 0.792. The quantitative estimate of drug-likeness (QED) is 0.845. The van der Waals surface area contributed by atoms with E-state index >= 15 is 0 Å². The third kappa shape index (κ3) is 2.72. The number of ketones is 1. The van der Waals surface area contributed by atoms with Gasteiger partial charge in [0.15, 0.2) is 0 Å². The van der Waals surface area contributed by atoms with Gasteiger partial charge < -0.3 is 10.2 Å². The van der Waals surface area contributed by atoms with E-state index in [2.05, 4.69) is 28.2 Å². The molecule has 0 aromatic heterocycles.